The van der Waals surface area contributed by atoms with Gasteiger partial charge in [-0.15, -0.1) is 0 Å². The normalized spacial score (nSPS) is 12.1. The predicted molar refractivity (Wildman–Crippen MR) is 158 cm³/mol. The molecule has 0 spiro atoms. The molecule has 8 N–H and O–H groups in total. The van der Waals surface area contributed by atoms with Crippen molar-refractivity contribution in [1.29, 1.82) is 0 Å². The molecule has 0 bridgehead atoms. The quantitative estimate of drug-likeness (QED) is 0.105. The van der Waals surface area contributed by atoms with Gasteiger partial charge in [0.1, 0.15) is 6.04 Å². The Kier molecular flexibility index (Phi) is 10.8. The molecular formula is C30H36N6O5. The van der Waals surface area contributed by atoms with Crippen molar-refractivity contribution in [3.05, 3.63) is 71.8 Å². The van der Waals surface area contributed by atoms with Gasteiger partial charge in [-0.2, -0.15) is 0 Å². The van der Waals surface area contributed by atoms with E-state index in [1.807, 2.05) is 24.3 Å². The fourth-order valence-electron chi connectivity index (χ4n) is 4.58. The molecule has 0 fully saturated rings. The zero-order chi connectivity index (χ0) is 29.9. The maximum absolute atomic E-state index is 12.7. The van der Waals surface area contributed by atoms with Crippen LogP contribution in [0.3, 0.4) is 0 Å². The van der Waals surface area contributed by atoms with Gasteiger partial charge in [0.15, 0.2) is 5.96 Å². The average Bonchev–Trinajstić information content (AvgIpc) is 2.93. The number of nitrogens with one attached hydrogen (secondary N) is 3. The molecule has 3 rings (SSSR count). The van der Waals surface area contributed by atoms with Crippen molar-refractivity contribution in [1.82, 2.24) is 16.0 Å². The molecule has 0 radical (unpaired) electrons. The van der Waals surface area contributed by atoms with Crippen LogP contribution in [0.15, 0.2) is 65.7 Å². The van der Waals surface area contributed by atoms with E-state index in [0.29, 0.717) is 12.0 Å². The Labute approximate surface area is 238 Å². The zero-order valence-electron chi connectivity index (χ0n) is 23.1. The van der Waals surface area contributed by atoms with Gasteiger partial charge in [-0.1, -0.05) is 60.7 Å². The van der Waals surface area contributed by atoms with Gasteiger partial charge >= 0.3 is 5.97 Å². The van der Waals surface area contributed by atoms with Crippen molar-refractivity contribution < 1.29 is 24.3 Å². The summed E-state index contributed by atoms with van der Waals surface area (Å²) in [5.41, 5.74) is 14.4. The summed E-state index contributed by atoms with van der Waals surface area (Å²) in [6, 6.07) is 17.9. The Morgan fingerprint density at radius 1 is 0.927 bits per heavy atom. The third-order valence-corrected chi connectivity index (χ3v) is 6.54. The second-order valence-corrected chi connectivity index (χ2v) is 9.74. The van der Waals surface area contributed by atoms with E-state index in [2.05, 4.69) is 52.1 Å². The van der Waals surface area contributed by atoms with E-state index in [0.717, 1.165) is 21.9 Å². The number of fused-ring (bicyclic) bond motifs is 1. The molecule has 11 heteroatoms. The molecule has 0 saturated carbocycles. The Bertz CT molecular complexity index is 1430. The second kappa shape index (κ2) is 14.5. The highest BCUT2D eigenvalue weighted by molar-refractivity contribution is 5.98. The smallest absolute Gasteiger partial charge is 0.305 e. The Hall–Kier alpha value is -4.93. The molecule has 0 aliphatic heterocycles. The van der Waals surface area contributed by atoms with E-state index in [9.17, 15) is 24.3 Å². The SMILES string of the molecule is CC(=O)N[C@@H](CCCN=C(N)N)C(=O)NCC(=O)N[C@@H](CC(=O)O)c1ccc(-c2ccc(C)c3ccccc23)cc1. The highest BCUT2D eigenvalue weighted by Crippen LogP contribution is 2.31. The first-order valence-corrected chi connectivity index (χ1v) is 13.2. The van der Waals surface area contributed by atoms with Crippen molar-refractivity contribution >= 4 is 40.4 Å². The first-order chi connectivity index (χ1) is 19.5. The number of carboxylic acid groups (broad SMARTS) is 1. The molecular weight excluding hydrogens is 524 g/mol. The number of carboxylic acids is 1. The number of nitrogens with two attached hydrogens (primary N) is 2. The maximum Gasteiger partial charge on any atom is 0.305 e. The van der Waals surface area contributed by atoms with Crippen LogP contribution in [0.4, 0.5) is 0 Å². The van der Waals surface area contributed by atoms with Crippen LogP contribution in [0, 0.1) is 6.92 Å². The fourth-order valence-corrected chi connectivity index (χ4v) is 4.58. The number of nitrogens with zero attached hydrogens (tertiary/aromatic N) is 1. The van der Waals surface area contributed by atoms with E-state index >= 15 is 0 Å². The Balaban J connectivity index is 1.67. The molecule has 0 saturated heterocycles. The third kappa shape index (κ3) is 9.06. The summed E-state index contributed by atoms with van der Waals surface area (Å²) in [4.78, 5) is 52.3. The average molecular weight is 561 g/mol. The molecule has 2 atom stereocenters. The monoisotopic (exact) mass is 560 g/mol. The number of hydrogen-bond donors (Lipinski definition) is 6. The molecule has 11 nitrogen and oxygen atoms in total. The van der Waals surface area contributed by atoms with Gasteiger partial charge in [0, 0.05) is 13.5 Å². The summed E-state index contributed by atoms with van der Waals surface area (Å²) < 4.78 is 0. The molecule has 0 unspecified atom stereocenters. The lowest BCUT2D eigenvalue weighted by molar-refractivity contribution is -0.138. The van der Waals surface area contributed by atoms with Crippen LogP contribution in [0.5, 0.6) is 0 Å². The predicted octanol–water partition coefficient (Wildman–Crippen LogP) is 2.12. The number of amides is 3. The second-order valence-electron chi connectivity index (χ2n) is 9.74. The summed E-state index contributed by atoms with van der Waals surface area (Å²) in [5.74, 6) is -2.68. The third-order valence-electron chi connectivity index (χ3n) is 6.54. The molecule has 3 aromatic rings. The van der Waals surface area contributed by atoms with Crippen LogP contribution >= 0.6 is 0 Å². The minimum absolute atomic E-state index is 0.0728. The molecule has 216 valence electrons. The van der Waals surface area contributed by atoms with Gasteiger partial charge in [0.2, 0.25) is 17.7 Å². The van der Waals surface area contributed by atoms with Gasteiger partial charge in [0.05, 0.1) is 19.0 Å². The topological polar surface area (TPSA) is 189 Å². The molecule has 3 amide bonds. The number of aliphatic carboxylic acids is 1. The summed E-state index contributed by atoms with van der Waals surface area (Å²) in [7, 11) is 0. The first kappa shape index (κ1) is 30.6. The Morgan fingerprint density at radius 2 is 1.61 bits per heavy atom. The van der Waals surface area contributed by atoms with Crippen LogP contribution in [0.1, 0.15) is 43.4 Å². The number of benzene rings is 3. The largest absolute Gasteiger partial charge is 0.481 e. The minimum Gasteiger partial charge on any atom is -0.481 e. The first-order valence-electron chi connectivity index (χ1n) is 13.2. The lowest BCUT2D eigenvalue weighted by atomic mass is 9.94. The summed E-state index contributed by atoms with van der Waals surface area (Å²) in [5, 5.41) is 19.5. The number of guanidine groups is 1. The maximum atomic E-state index is 12.7. The van der Waals surface area contributed by atoms with Gasteiger partial charge in [-0.25, -0.2) is 0 Å². The minimum atomic E-state index is -1.08. The summed E-state index contributed by atoms with van der Waals surface area (Å²) >= 11 is 0. The van der Waals surface area contributed by atoms with E-state index in [1.165, 1.54) is 12.5 Å². The standard InChI is InChI=1S/C30H36N6O5/c1-18-9-14-23(24-7-4-3-6-22(18)24)20-10-12-21(13-11-20)26(16-28(39)40)36-27(38)17-34-29(41)25(35-19(2)37)8-5-15-33-30(31)32/h3-4,6-7,9-14,25-26H,5,8,15-17H2,1-2H3,(H,34,41)(H,35,37)(H,36,38)(H,39,40)(H4,31,32,33)/t25-,26-/m0/s1. The summed E-state index contributed by atoms with van der Waals surface area (Å²) in [6.07, 6.45) is 0.345. The molecule has 0 aliphatic carbocycles. The number of aryl methyl sites for hydroxylation is 1. The number of aliphatic imine (C=N–C) groups is 1. The van der Waals surface area contributed by atoms with E-state index in [-0.39, 0.29) is 25.3 Å². The highest BCUT2D eigenvalue weighted by Gasteiger charge is 2.22. The van der Waals surface area contributed by atoms with Crippen molar-refractivity contribution in [3.8, 4) is 11.1 Å². The zero-order valence-corrected chi connectivity index (χ0v) is 23.1. The molecule has 3 aromatic carbocycles. The number of carbonyl (C=O) groups excluding carboxylic acids is 3. The lowest BCUT2D eigenvalue weighted by Gasteiger charge is -2.20. The Morgan fingerprint density at radius 3 is 2.24 bits per heavy atom. The van der Waals surface area contributed by atoms with Crippen molar-refractivity contribution in [2.45, 2.75) is 45.2 Å². The van der Waals surface area contributed by atoms with Crippen molar-refractivity contribution in [2.75, 3.05) is 13.1 Å². The molecule has 0 aliphatic rings. The molecule has 0 heterocycles. The van der Waals surface area contributed by atoms with Crippen LogP contribution in [0.2, 0.25) is 0 Å². The van der Waals surface area contributed by atoms with Crippen molar-refractivity contribution in [2.24, 2.45) is 16.5 Å². The van der Waals surface area contributed by atoms with E-state index in [4.69, 9.17) is 11.5 Å². The van der Waals surface area contributed by atoms with Gasteiger partial charge in [-0.05, 0) is 52.8 Å². The van der Waals surface area contributed by atoms with Gasteiger partial charge < -0.3 is 32.5 Å². The fraction of sp³-hybridized carbons (Fsp3) is 0.300. The van der Waals surface area contributed by atoms with Crippen LogP contribution in [0.25, 0.3) is 21.9 Å². The highest BCUT2D eigenvalue weighted by atomic mass is 16.4. The van der Waals surface area contributed by atoms with Crippen LogP contribution in [-0.2, 0) is 19.2 Å². The van der Waals surface area contributed by atoms with Gasteiger partial charge in [0.25, 0.3) is 0 Å². The lowest BCUT2D eigenvalue weighted by Crippen LogP contribution is -2.49. The van der Waals surface area contributed by atoms with Crippen molar-refractivity contribution in [3.63, 3.8) is 0 Å². The molecule has 41 heavy (non-hydrogen) atoms. The van der Waals surface area contributed by atoms with E-state index < -0.39 is 42.3 Å². The summed E-state index contributed by atoms with van der Waals surface area (Å²) in [6.45, 7) is 3.23. The van der Waals surface area contributed by atoms with Gasteiger partial charge in [-0.3, -0.25) is 24.2 Å². The van der Waals surface area contributed by atoms with Crippen LogP contribution in [-0.4, -0.2) is 53.9 Å². The van der Waals surface area contributed by atoms with E-state index in [1.54, 1.807) is 12.1 Å². The number of carbonyl (C=O) groups is 4. The molecule has 0 aromatic heterocycles. The number of hydrogen-bond acceptors (Lipinski definition) is 5. The number of rotatable bonds is 13. The van der Waals surface area contributed by atoms with Crippen LogP contribution < -0.4 is 27.4 Å².